The first kappa shape index (κ1) is 14.1. The smallest absolute Gasteiger partial charge is 0.202 e. The lowest BCUT2D eigenvalue weighted by atomic mass is 10.1. The molecule has 1 aliphatic rings. The minimum atomic E-state index is 0.386. The van der Waals surface area contributed by atoms with Gasteiger partial charge in [0.25, 0.3) is 0 Å². The summed E-state index contributed by atoms with van der Waals surface area (Å²) in [6.07, 6.45) is 2.04. The Kier molecular flexibility index (Phi) is 2.48. The molecule has 0 atom stereocenters. The predicted octanol–water partition coefficient (Wildman–Crippen LogP) is 5.28. The van der Waals surface area contributed by atoms with Crippen LogP contribution in [0.2, 0.25) is 0 Å². The van der Waals surface area contributed by atoms with E-state index in [2.05, 4.69) is 37.3 Å². The van der Waals surface area contributed by atoms with Crippen LogP contribution in [-0.2, 0) is 6.54 Å². The zero-order chi connectivity index (χ0) is 18.1. The first-order valence-corrected chi connectivity index (χ1v) is 8.55. The lowest BCUT2D eigenvalue weighted by molar-refractivity contribution is -0.749. The lowest BCUT2D eigenvalue weighted by Crippen LogP contribution is -2.36. The summed E-state index contributed by atoms with van der Waals surface area (Å²) in [5.41, 5.74) is 5.74. The molecule has 0 saturated heterocycles. The SMILES string of the molecule is [C-]#[N+]c1cc2c[n+]3n(c2cc1[N+]#[C-])-c1cc2oc4ccccc4c2cc1C3. The number of rotatable bonds is 0. The highest BCUT2D eigenvalue weighted by molar-refractivity contribution is 6.06. The van der Waals surface area contributed by atoms with Gasteiger partial charge in [0.1, 0.15) is 22.4 Å². The molecule has 5 heteroatoms. The Bertz CT molecular complexity index is 1520. The van der Waals surface area contributed by atoms with Gasteiger partial charge in [-0.1, -0.05) is 24.3 Å². The molecule has 0 aliphatic carbocycles. The molecule has 3 aromatic carbocycles. The molecule has 0 fully saturated rings. The van der Waals surface area contributed by atoms with Gasteiger partial charge in [-0.05, 0) is 18.2 Å². The van der Waals surface area contributed by atoms with Crippen LogP contribution in [-0.4, -0.2) is 4.68 Å². The van der Waals surface area contributed by atoms with Crippen LogP contribution in [0.3, 0.4) is 0 Å². The number of para-hydroxylation sites is 1. The highest BCUT2D eigenvalue weighted by atomic mass is 16.3. The molecule has 3 heterocycles. The fourth-order valence-electron chi connectivity index (χ4n) is 4.09. The van der Waals surface area contributed by atoms with Gasteiger partial charge in [-0.25, -0.2) is 0 Å². The number of nitrogens with zero attached hydrogens (tertiary/aromatic N) is 4. The molecule has 5 aromatic rings. The van der Waals surface area contributed by atoms with Crippen molar-refractivity contribution in [2.24, 2.45) is 0 Å². The second-order valence-electron chi connectivity index (χ2n) is 6.74. The first-order chi connectivity index (χ1) is 13.3. The van der Waals surface area contributed by atoms with Crippen molar-refractivity contribution in [1.29, 1.82) is 0 Å². The van der Waals surface area contributed by atoms with E-state index < -0.39 is 0 Å². The third-order valence-electron chi connectivity index (χ3n) is 5.28. The van der Waals surface area contributed by atoms with Gasteiger partial charge in [0.15, 0.2) is 17.9 Å². The number of aromatic nitrogens is 2. The molecule has 124 valence electrons. The summed E-state index contributed by atoms with van der Waals surface area (Å²) in [6, 6.07) is 16.0. The molecule has 0 spiro atoms. The van der Waals surface area contributed by atoms with Crippen molar-refractivity contribution in [1.82, 2.24) is 4.68 Å². The summed E-state index contributed by atoms with van der Waals surface area (Å²) in [4.78, 5) is 7.01. The Morgan fingerprint density at radius 3 is 2.59 bits per heavy atom. The molecular formula is C22H11N4O+. The van der Waals surface area contributed by atoms with E-state index in [4.69, 9.17) is 17.6 Å². The second kappa shape index (κ2) is 4.75. The number of fused-ring (bicyclic) bond motifs is 8. The van der Waals surface area contributed by atoms with Gasteiger partial charge in [-0.2, -0.15) is 0 Å². The second-order valence-corrected chi connectivity index (χ2v) is 6.74. The predicted molar refractivity (Wildman–Crippen MR) is 102 cm³/mol. The van der Waals surface area contributed by atoms with E-state index >= 15 is 0 Å². The average molecular weight is 347 g/mol. The Balaban J connectivity index is 1.68. The quantitative estimate of drug-likeness (QED) is 0.272. The molecule has 0 N–H and O–H groups in total. The van der Waals surface area contributed by atoms with E-state index in [-0.39, 0.29) is 0 Å². The monoisotopic (exact) mass is 347 g/mol. The Labute approximate surface area is 153 Å². The fourth-order valence-corrected chi connectivity index (χ4v) is 4.09. The molecular weight excluding hydrogens is 336 g/mol. The van der Waals surface area contributed by atoms with Crippen molar-refractivity contribution >= 4 is 44.2 Å². The van der Waals surface area contributed by atoms with E-state index in [1.54, 1.807) is 6.07 Å². The van der Waals surface area contributed by atoms with Crippen molar-refractivity contribution in [3.05, 3.63) is 83.1 Å². The molecule has 0 radical (unpaired) electrons. The maximum atomic E-state index is 7.38. The zero-order valence-electron chi connectivity index (χ0n) is 14.1. The summed E-state index contributed by atoms with van der Waals surface area (Å²) in [7, 11) is 0. The Hall–Kier alpha value is -4.09. The summed E-state index contributed by atoms with van der Waals surface area (Å²) < 4.78 is 10.3. The molecule has 0 saturated carbocycles. The molecule has 27 heavy (non-hydrogen) atoms. The maximum absolute atomic E-state index is 7.38. The van der Waals surface area contributed by atoms with Crippen molar-refractivity contribution in [2.75, 3.05) is 0 Å². The normalized spacial score (nSPS) is 12.2. The van der Waals surface area contributed by atoms with Crippen LogP contribution in [0.25, 0.3) is 48.2 Å². The van der Waals surface area contributed by atoms with Crippen molar-refractivity contribution < 1.29 is 9.10 Å². The van der Waals surface area contributed by atoms with Crippen LogP contribution in [0.4, 0.5) is 11.4 Å². The number of furan rings is 1. The Morgan fingerprint density at radius 1 is 0.926 bits per heavy atom. The molecule has 1 aliphatic heterocycles. The van der Waals surface area contributed by atoms with Crippen molar-refractivity contribution in [3.63, 3.8) is 0 Å². The molecule has 0 bridgehead atoms. The van der Waals surface area contributed by atoms with E-state index in [0.717, 1.165) is 45.1 Å². The zero-order valence-corrected chi connectivity index (χ0v) is 14.1. The van der Waals surface area contributed by atoms with Crippen LogP contribution >= 0.6 is 0 Å². The van der Waals surface area contributed by atoms with Crippen molar-refractivity contribution in [2.45, 2.75) is 6.54 Å². The summed E-state index contributed by atoms with van der Waals surface area (Å²) in [5.74, 6) is 0. The van der Waals surface area contributed by atoms with Crippen LogP contribution in [0.5, 0.6) is 0 Å². The van der Waals surface area contributed by atoms with E-state index in [0.29, 0.717) is 11.4 Å². The van der Waals surface area contributed by atoms with Gasteiger partial charge in [-0.3, -0.25) is 9.69 Å². The highest BCUT2D eigenvalue weighted by Gasteiger charge is 2.30. The first-order valence-electron chi connectivity index (χ1n) is 8.55. The van der Waals surface area contributed by atoms with E-state index in [1.807, 2.05) is 30.5 Å². The number of hydrogen-bond donors (Lipinski definition) is 0. The summed E-state index contributed by atoms with van der Waals surface area (Å²) in [6.45, 7) is 15.4. The standard InChI is InChI=1S/C22H11N4O/c1-23-17-8-14-12-25-11-13-7-16-15-5-3-4-6-21(15)27-22(16)10-20(13)26(25)19(14)9-18(17)24-2/h3-10,12H,11H2/q+1. The van der Waals surface area contributed by atoms with Gasteiger partial charge >= 0.3 is 0 Å². The third-order valence-corrected chi connectivity index (χ3v) is 5.28. The molecule has 2 aromatic heterocycles. The van der Waals surface area contributed by atoms with Gasteiger partial charge in [0.2, 0.25) is 6.20 Å². The molecule has 6 rings (SSSR count). The molecule has 0 unspecified atom stereocenters. The largest absolute Gasteiger partial charge is 0.456 e. The van der Waals surface area contributed by atoms with E-state index in [9.17, 15) is 0 Å². The van der Waals surface area contributed by atoms with Crippen molar-refractivity contribution in [3.8, 4) is 5.69 Å². The van der Waals surface area contributed by atoms with Gasteiger partial charge in [-0.15, -0.1) is 9.36 Å². The van der Waals surface area contributed by atoms with E-state index in [1.165, 1.54) is 5.56 Å². The topological polar surface area (TPSA) is 30.7 Å². The Morgan fingerprint density at radius 2 is 1.74 bits per heavy atom. The number of hydrogen-bond acceptors (Lipinski definition) is 1. The van der Waals surface area contributed by atoms with Gasteiger partial charge in [0, 0.05) is 22.4 Å². The minimum absolute atomic E-state index is 0.386. The lowest BCUT2D eigenvalue weighted by Gasteiger charge is -2.00. The number of benzene rings is 3. The molecule has 5 nitrogen and oxygen atoms in total. The third kappa shape index (κ3) is 1.73. The fraction of sp³-hybridized carbons (Fsp3) is 0.0455. The molecule has 0 amide bonds. The van der Waals surface area contributed by atoms with Gasteiger partial charge in [0.05, 0.1) is 18.5 Å². The van der Waals surface area contributed by atoms with Crippen LogP contribution in [0, 0.1) is 13.1 Å². The summed E-state index contributed by atoms with van der Waals surface area (Å²) >= 11 is 0. The highest BCUT2D eigenvalue weighted by Crippen LogP contribution is 2.37. The van der Waals surface area contributed by atoms with Crippen LogP contribution < -0.4 is 4.68 Å². The van der Waals surface area contributed by atoms with Gasteiger partial charge < -0.3 is 4.42 Å². The summed E-state index contributed by atoms with van der Waals surface area (Å²) in [5, 5.41) is 3.21. The maximum Gasteiger partial charge on any atom is 0.202 e. The van der Waals surface area contributed by atoms with Crippen LogP contribution in [0.15, 0.2) is 59.1 Å². The average Bonchev–Trinajstić information content (AvgIpc) is 3.33. The minimum Gasteiger partial charge on any atom is -0.456 e. The van der Waals surface area contributed by atoms with Crippen LogP contribution in [0.1, 0.15) is 5.56 Å².